The van der Waals surface area contributed by atoms with Gasteiger partial charge in [0.25, 0.3) is 0 Å². The van der Waals surface area contributed by atoms with E-state index in [1.54, 1.807) is 13.2 Å². The lowest BCUT2D eigenvalue weighted by atomic mass is 10.2. The number of benzene rings is 1. The van der Waals surface area contributed by atoms with Gasteiger partial charge in [-0.15, -0.1) is 0 Å². The molecule has 2 aliphatic rings. The molecule has 0 aliphatic carbocycles. The van der Waals surface area contributed by atoms with E-state index >= 15 is 0 Å². The fraction of sp³-hybridized carbons (Fsp3) is 0.333. The van der Waals surface area contributed by atoms with Gasteiger partial charge in [-0.3, -0.25) is 5.32 Å². The van der Waals surface area contributed by atoms with E-state index in [0.717, 1.165) is 5.56 Å². The van der Waals surface area contributed by atoms with Gasteiger partial charge in [0, 0.05) is 0 Å². The van der Waals surface area contributed by atoms with Crippen molar-refractivity contribution in [2.24, 2.45) is 0 Å². The summed E-state index contributed by atoms with van der Waals surface area (Å²) in [7, 11) is 1.57. The maximum Gasteiger partial charge on any atom is 0.412 e. The highest BCUT2D eigenvalue weighted by Gasteiger charge is 2.13. The van der Waals surface area contributed by atoms with Crippen LogP contribution in [0.4, 0.5) is 10.5 Å². The molecule has 3 rings (SSSR count). The predicted molar refractivity (Wildman–Crippen MR) is 66.1 cm³/mol. The Bertz CT molecular complexity index is 471. The molecule has 1 aromatic rings. The SMILES string of the molecule is CC(O)C(=O)O.COc1cc2ccc1NC(=O)OC2. The summed E-state index contributed by atoms with van der Waals surface area (Å²) in [6.07, 6.45) is -1.68. The van der Waals surface area contributed by atoms with E-state index in [9.17, 15) is 9.59 Å². The van der Waals surface area contributed by atoms with Gasteiger partial charge in [0.05, 0.1) is 12.8 Å². The van der Waals surface area contributed by atoms with Crippen LogP contribution in [-0.4, -0.2) is 35.5 Å². The molecule has 104 valence electrons. The largest absolute Gasteiger partial charge is 0.495 e. The van der Waals surface area contributed by atoms with Gasteiger partial charge in [-0.25, -0.2) is 9.59 Å². The summed E-state index contributed by atoms with van der Waals surface area (Å²) in [5.41, 5.74) is 1.56. The zero-order chi connectivity index (χ0) is 14.4. The monoisotopic (exact) mass is 269 g/mol. The van der Waals surface area contributed by atoms with Crippen molar-refractivity contribution in [1.82, 2.24) is 0 Å². The Hall–Kier alpha value is -2.28. The number of hydrogen-bond donors (Lipinski definition) is 3. The van der Waals surface area contributed by atoms with E-state index in [1.165, 1.54) is 6.92 Å². The molecule has 1 unspecified atom stereocenters. The number of carbonyl (C=O) groups excluding carboxylic acids is 1. The Morgan fingerprint density at radius 2 is 2.16 bits per heavy atom. The van der Waals surface area contributed by atoms with Gasteiger partial charge in [0.2, 0.25) is 0 Å². The van der Waals surface area contributed by atoms with Crippen LogP contribution in [0.3, 0.4) is 0 Å². The van der Waals surface area contributed by atoms with Gasteiger partial charge < -0.3 is 19.7 Å². The Morgan fingerprint density at radius 3 is 2.68 bits per heavy atom. The first-order valence-corrected chi connectivity index (χ1v) is 5.45. The van der Waals surface area contributed by atoms with Crippen LogP contribution in [0.5, 0.6) is 5.75 Å². The van der Waals surface area contributed by atoms with E-state index in [2.05, 4.69) is 5.32 Å². The van der Waals surface area contributed by atoms with Crippen molar-refractivity contribution >= 4 is 17.7 Å². The number of rotatable bonds is 2. The van der Waals surface area contributed by atoms with Crippen LogP contribution < -0.4 is 10.1 Å². The molecule has 0 saturated carbocycles. The van der Waals surface area contributed by atoms with Gasteiger partial charge in [0.1, 0.15) is 18.5 Å². The van der Waals surface area contributed by atoms with Crippen LogP contribution in [0, 0.1) is 0 Å². The maximum atomic E-state index is 11.0. The molecule has 2 bridgehead atoms. The number of aliphatic carboxylic acids is 1. The molecular weight excluding hydrogens is 254 g/mol. The zero-order valence-electron chi connectivity index (χ0n) is 10.5. The molecule has 0 fully saturated rings. The number of hydrogen-bond acceptors (Lipinski definition) is 5. The third kappa shape index (κ3) is 4.47. The van der Waals surface area contributed by atoms with Crippen molar-refractivity contribution < 1.29 is 29.3 Å². The van der Waals surface area contributed by atoms with Gasteiger partial charge in [-0.1, -0.05) is 6.07 Å². The molecule has 1 aromatic carbocycles. The van der Waals surface area contributed by atoms with Crippen LogP contribution >= 0.6 is 0 Å². The van der Waals surface area contributed by atoms with E-state index < -0.39 is 18.2 Å². The first-order valence-electron chi connectivity index (χ1n) is 5.45. The second kappa shape index (κ2) is 6.60. The number of anilines is 1. The summed E-state index contributed by atoms with van der Waals surface area (Å²) >= 11 is 0. The number of carboxylic acids is 1. The van der Waals surface area contributed by atoms with E-state index in [1.807, 2.05) is 12.1 Å². The minimum Gasteiger partial charge on any atom is -0.495 e. The first-order chi connectivity index (χ1) is 8.93. The molecule has 1 atom stereocenters. The minimum absolute atomic E-state index is 0.280. The summed E-state index contributed by atoms with van der Waals surface area (Å²) in [5, 5.41) is 18.3. The topological polar surface area (TPSA) is 105 Å². The number of nitrogens with one attached hydrogen (secondary N) is 1. The number of carboxylic acid groups (broad SMARTS) is 1. The number of ether oxygens (including phenoxy) is 2. The molecule has 7 heteroatoms. The number of aliphatic hydroxyl groups excluding tert-OH is 1. The molecule has 3 N–H and O–H groups in total. The Balaban J connectivity index is 0.000000258. The zero-order valence-corrected chi connectivity index (χ0v) is 10.5. The van der Waals surface area contributed by atoms with Gasteiger partial charge in [-0.2, -0.15) is 0 Å². The van der Waals surface area contributed by atoms with Crippen molar-refractivity contribution in [3.8, 4) is 5.75 Å². The first kappa shape index (κ1) is 14.8. The molecule has 2 heterocycles. The van der Waals surface area contributed by atoms with Crippen LogP contribution in [0.25, 0.3) is 0 Å². The molecular formula is C12H15NO6. The predicted octanol–water partition coefficient (Wildman–Crippen LogP) is 1.21. The lowest BCUT2D eigenvalue weighted by Gasteiger charge is -2.15. The third-order valence-corrected chi connectivity index (χ3v) is 2.23. The number of aliphatic hydroxyl groups is 1. The highest BCUT2D eigenvalue weighted by molar-refractivity contribution is 5.87. The van der Waals surface area contributed by atoms with Crippen molar-refractivity contribution in [2.75, 3.05) is 12.4 Å². The quantitative estimate of drug-likeness (QED) is 0.745. The molecule has 19 heavy (non-hydrogen) atoms. The summed E-state index contributed by atoms with van der Waals surface area (Å²) in [5.74, 6) is -0.524. The molecule has 1 amide bonds. The molecule has 0 aromatic heterocycles. The van der Waals surface area contributed by atoms with E-state index in [4.69, 9.17) is 19.7 Å². The summed E-state index contributed by atoms with van der Waals surface area (Å²) in [6.45, 7) is 1.48. The third-order valence-electron chi connectivity index (χ3n) is 2.23. The van der Waals surface area contributed by atoms with Gasteiger partial charge in [-0.05, 0) is 24.6 Å². The average molecular weight is 269 g/mol. The van der Waals surface area contributed by atoms with Gasteiger partial charge >= 0.3 is 12.1 Å². The fourth-order valence-electron chi connectivity index (χ4n) is 1.22. The fourth-order valence-corrected chi connectivity index (χ4v) is 1.22. The molecule has 0 spiro atoms. The lowest BCUT2D eigenvalue weighted by Crippen LogP contribution is -2.16. The Labute approximate surface area is 109 Å². The number of amides is 1. The van der Waals surface area contributed by atoms with Crippen LogP contribution in [0.15, 0.2) is 18.2 Å². The minimum atomic E-state index is -1.23. The van der Waals surface area contributed by atoms with E-state index in [-0.39, 0.29) is 6.61 Å². The van der Waals surface area contributed by atoms with Crippen LogP contribution in [-0.2, 0) is 16.1 Å². The second-order valence-electron chi connectivity index (χ2n) is 3.75. The normalized spacial score (nSPS) is 13.9. The molecule has 2 aliphatic heterocycles. The van der Waals surface area contributed by atoms with Crippen molar-refractivity contribution in [3.05, 3.63) is 23.8 Å². The standard InChI is InChI=1S/C9H9NO3.C3H6O3/c1-12-8-4-6-2-3-7(8)10-9(11)13-5-6;1-2(4)3(5)6/h2-4H,5H2,1H3,(H,10,11);2,4H,1H3,(H,5,6). The Morgan fingerprint density at radius 1 is 1.53 bits per heavy atom. The van der Waals surface area contributed by atoms with E-state index in [0.29, 0.717) is 11.4 Å². The van der Waals surface area contributed by atoms with Crippen molar-refractivity contribution in [3.63, 3.8) is 0 Å². The summed E-state index contributed by atoms with van der Waals surface area (Å²) in [4.78, 5) is 20.5. The average Bonchev–Trinajstić information content (AvgIpc) is 2.35. The number of methoxy groups -OCH3 is 1. The van der Waals surface area contributed by atoms with Crippen molar-refractivity contribution in [1.29, 1.82) is 0 Å². The second-order valence-corrected chi connectivity index (χ2v) is 3.75. The van der Waals surface area contributed by atoms with Gasteiger partial charge in [0.15, 0.2) is 0 Å². The molecule has 0 radical (unpaired) electrons. The van der Waals surface area contributed by atoms with Crippen LogP contribution in [0.1, 0.15) is 12.5 Å². The lowest BCUT2D eigenvalue weighted by molar-refractivity contribution is -0.145. The molecule has 0 saturated heterocycles. The summed E-state index contributed by atoms with van der Waals surface area (Å²) in [6, 6.07) is 5.53. The number of fused-ring (bicyclic) bond motifs is 5. The van der Waals surface area contributed by atoms with Crippen molar-refractivity contribution in [2.45, 2.75) is 19.6 Å². The number of carbonyl (C=O) groups is 2. The maximum absolute atomic E-state index is 11.0. The smallest absolute Gasteiger partial charge is 0.412 e. The Kier molecular flexibility index (Phi) is 5.13. The molecule has 7 nitrogen and oxygen atoms in total. The summed E-state index contributed by atoms with van der Waals surface area (Å²) < 4.78 is 9.94. The highest BCUT2D eigenvalue weighted by atomic mass is 16.5. The highest BCUT2D eigenvalue weighted by Crippen LogP contribution is 2.27. The van der Waals surface area contributed by atoms with Crippen LogP contribution in [0.2, 0.25) is 0 Å².